The second kappa shape index (κ2) is 6.30. The molecule has 2 aromatic rings. The predicted octanol–water partition coefficient (Wildman–Crippen LogP) is 2.41. The Morgan fingerprint density at radius 1 is 1.43 bits per heavy atom. The van der Waals surface area contributed by atoms with E-state index in [9.17, 15) is 4.79 Å². The minimum Gasteiger partial charge on any atom is -0.352 e. The zero-order valence-electron chi connectivity index (χ0n) is 11.9. The molecule has 3 rings (SSSR count). The van der Waals surface area contributed by atoms with Crippen molar-refractivity contribution in [1.29, 1.82) is 0 Å². The third kappa shape index (κ3) is 3.44. The summed E-state index contributed by atoms with van der Waals surface area (Å²) in [6, 6.07) is 10.2. The van der Waals surface area contributed by atoms with Crippen molar-refractivity contribution in [3.8, 4) is 0 Å². The van der Waals surface area contributed by atoms with Gasteiger partial charge in [0.05, 0.1) is 0 Å². The lowest BCUT2D eigenvalue weighted by Gasteiger charge is -2.16. The Balaban J connectivity index is 1.83. The largest absolute Gasteiger partial charge is 0.352 e. The number of nitrogens with one attached hydrogen (secondary N) is 1. The van der Waals surface area contributed by atoms with Gasteiger partial charge in [-0.15, -0.1) is 10.2 Å². The van der Waals surface area contributed by atoms with Gasteiger partial charge >= 0.3 is 0 Å². The molecule has 0 radical (unpaired) electrons. The van der Waals surface area contributed by atoms with Gasteiger partial charge < -0.3 is 9.88 Å². The Kier molecular flexibility index (Phi) is 4.24. The van der Waals surface area contributed by atoms with Crippen LogP contribution in [0.4, 0.5) is 0 Å². The van der Waals surface area contributed by atoms with E-state index in [1.165, 1.54) is 11.8 Å². The van der Waals surface area contributed by atoms with E-state index in [1.807, 2.05) is 41.8 Å². The number of carbonyl (C=O) groups excluding carboxylic acids is 1. The molecule has 1 heterocycles. The summed E-state index contributed by atoms with van der Waals surface area (Å²) in [4.78, 5) is 12.5. The Bertz CT molecular complexity index is 609. The first-order chi connectivity index (χ1) is 10.3. The molecule has 1 aromatic heterocycles. The zero-order valence-corrected chi connectivity index (χ0v) is 12.7. The maximum Gasteiger partial charge on any atom is 0.238 e. The van der Waals surface area contributed by atoms with Crippen LogP contribution in [0.3, 0.4) is 0 Å². The molecule has 1 aliphatic carbocycles. The van der Waals surface area contributed by atoms with E-state index in [2.05, 4.69) is 15.5 Å². The first-order valence-electron chi connectivity index (χ1n) is 7.17. The highest BCUT2D eigenvalue weighted by Crippen LogP contribution is 2.35. The number of amides is 1. The first-order valence-corrected chi connectivity index (χ1v) is 8.05. The topological polar surface area (TPSA) is 59.8 Å². The van der Waals surface area contributed by atoms with E-state index in [1.54, 1.807) is 6.33 Å². The van der Waals surface area contributed by atoms with Gasteiger partial charge in [-0.3, -0.25) is 4.79 Å². The van der Waals surface area contributed by atoms with E-state index < -0.39 is 0 Å². The molecule has 1 aromatic carbocycles. The molecular weight excluding hydrogens is 284 g/mol. The molecule has 0 spiro atoms. The number of thioether (sulfide) groups is 1. The molecule has 6 heteroatoms. The van der Waals surface area contributed by atoms with E-state index in [-0.39, 0.29) is 11.2 Å². The summed E-state index contributed by atoms with van der Waals surface area (Å²) in [6.45, 7) is 2.83. The second-order valence-corrected chi connectivity index (χ2v) is 6.16. The van der Waals surface area contributed by atoms with Gasteiger partial charge in [0.25, 0.3) is 0 Å². The average Bonchev–Trinajstić information content (AvgIpc) is 3.21. The molecule has 0 aliphatic heterocycles. The average molecular weight is 302 g/mol. The Labute approximate surface area is 128 Å². The number of carbonyl (C=O) groups is 1. The summed E-state index contributed by atoms with van der Waals surface area (Å²) >= 11 is 1.45. The summed E-state index contributed by atoms with van der Waals surface area (Å²) in [5, 5.41) is 11.6. The van der Waals surface area contributed by atoms with Gasteiger partial charge in [0.15, 0.2) is 5.16 Å². The molecule has 1 aliphatic rings. The van der Waals surface area contributed by atoms with Gasteiger partial charge in [-0.25, -0.2) is 0 Å². The van der Waals surface area contributed by atoms with Crippen LogP contribution in [0.25, 0.3) is 0 Å². The van der Waals surface area contributed by atoms with Crippen molar-refractivity contribution < 1.29 is 4.79 Å². The molecule has 5 nitrogen and oxygen atoms in total. The summed E-state index contributed by atoms with van der Waals surface area (Å²) in [5.41, 5.74) is 0.992. The van der Waals surface area contributed by atoms with Gasteiger partial charge in [-0.1, -0.05) is 42.1 Å². The predicted molar refractivity (Wildman–Crippen MR) is 81.9 cm³/mol. The maximum atomic E-state index is 12.5. The number of aryl methyl sites for hydroxylation is 1. The molecule has 110 valence electrons. The maximum absolute atomic E-state index is 12.5. The third-order valence-corrected chi connectivity index (χ3v) is 4.66. The normalized spacial score (nSPS) is 15.7. The van der Waals surface area contributed by atoms with Crippen LogP contribution in [0.1, 0.15) is 30.6 Å². The minimum absolute atomic E-state index is 0.0550. The van der Waals surface area contributed by atoms with Gasteiger partial charge in [-0.2, -0.15) is 0 Å². The van der Waals surface area contributed by atoms with E-state index in [4.69, 9.17) is 0 Å². The molecule has 1 saturated carbocycles. The Hall–Kier alpha value is -1.82. The summed E-state index contributed by atoms with van der Waals surface area (Å²) in [5.74, 6) is 0.0550. The van der Waals surface area contributed by atoms with Gasteiger partial charge in [0.1, 0.15) is 11.6 Å². The number of hydrogen-bond acceptors (Lipinski definition) is 4. The fourth-order valence-electron chi connectivity index (χ4n) is 2.06. The lowest BCUT2D eigenvalue weighted by molar-refractivity contribution is -0.120. The van der Waals surface area contributed by atoms with Gasteiger partial charge in [0, 0.05) is 12.6 Å². The number of aromatic nitrogens is 3. The van der Waals surface area contributed by atoms with E-state index >= 15 is 0 Å². The van der Waals surface area contributed by atoms with E-state index in [0.717, 1.165) is 30.1 Å². The standard InChI is InChI=1S/C15H18N4OS/c1-2-19-10-16-18-15(19)21-13(11-6-4-3-5-7-11)14(20)17-12-8-9-12/h3-7,10,12-13H,2,8-9H2,1H3,(H,17,20)/t13-/m1/s1. The summed E-state index contributed by atoms with van der Waals surface area (Å²) in [7, 11) is 0. The molecule has 0 saturated heterocycles. The van der Waals surface area contributed by atoms with Crippen molar-refractivity contribution in [3.63, 3.8) is 0 Å². The highest BCUT2D eigenvalue weighted by atomic mass is 32.2. The number of nitrogens with zero attached hydrogens (tertiary/aromatic N) is 3. The molecule has 1 N–H and O–H groups in total. The van der Waals surface area contributed by atoms with Crippen molar-refractivity contribution in [2.45, 2.75) is 42.8 Å². The molecular formula is C15H18N4OS. The van der Waals surface area contributed by atoms with Gasteiger partial charge in [-0.05, 0) is 25.3 Å². The lowest BCUT2D eigenvalue weighted by atomic mass is 10.1. The second-order valence-electron chi connectivity index (χ2n) is 5.09. The SMILES string of the molecule is CCn1cnnc1S[C@@H](C(=O)NC1CC1)c1ccccc1. The van der Waals surface area contributed by atoms with Crippen LogP contribution >= 0.6 is 11.8 Å². The number of hydrogen-bond donors (Lipinski definition) is 1. The van der Waals surface area contributed by atoms with Gasteiger partial charge in [0.2, 0.25) is 5.91 Å². The Morgan fingerprint density at radius 2 is 2.19 bits per heavy atom. The molecule has 21 heavy (non-hydrogen) atoms. The monoisotopic (exact) mass is 302 g/mol. The van der Waals surface area contributed by atoms with Crippen LogP contribution in [-0.4, -0.2) is 26.7 Å². The van der Waals surface area contributed by atoms with Crippen LogP contribution in [-0.2, 0) is 11.3 Å². The Morgan fingerprint density at radius 3 is 2.86 bits per heavy atom. The summed E-state index contributed by atoms with van der Waals surface area (Å²) in [6.07, 6.45) is 3.87. The molecule has 1 fully saturated rings. The zero-order chi connectivity index (χ0) is 14.7. The quantitative estimate of drug-likeness (QED) is 0.833. The number of rotatable bonds is 6. The van der Waals surface area contributed by atoms with Crippen LogP contribution < -0.4 is 5.32 Å². The molecule has 1 atom stereocenters. The minimum atomic E-state index is -0.290. The van der Waals surface area contributed by atoms with Crippen molar-refractivity contribution in [1.82, 2.24) is 20.1 Å². The van der Waals surface area contributed by atoms with Crippen molar-refractivity contribution >= 4 is 17.7 Å². The highest BCUT2D eigenvalue weighted by molar-refractivity contribution is 8.00. The van der Waals surface area contributed by atoms with Crippen LogP contribution in [0.5, 0.6) is 0 Å². The van der Waals surface area contributed by atoms with Crippen molar-refractivity contribution in [2.24, 2.45) is 0 Å². The fourth-order valence-corrected chi connectivity index (χ4v) is 3.15. The van der Waals surface area contributed by atoms with Crippen LogP contribution in [0.15, 0.2) is 41.8 Å². The lowest BCUT2D eigenvalue weighted by Crippen LogP contribution is -2.29. The molecule has 0 unspecified atom stereocenters. The smallest absolute Gasteiger partial charge is 0.238 e. The number of benzene rings is 1. The highest BCUT2D eigenvalue weighted by Gasteiger charge is 2.30. The third-order valence-electron chi connectivity index (χ3n) is 3.41. The summed E-state index contributed by atoms with van der Waals surface area (Å²) < 4.78 is 1.95. The van der Waals surface area contributed by atoms with Crippen molar-refractivity contribution in [3.05, 3.63) is 42.2 Å². The molecule has 1 amide bonds. The first kappa shape index (κ1) is 14.1. The van der Waals surface area contributed by atoms with Crippen molar-refractivity contribution in [2.75, 3.05) is 0 Å². The van der Waals surface area contributed by atoms with E-state index in [0.29, 0.717) is 6.04 Å². The fraction of sp³-hybridized carbons (Fsp3) is 0.400. The van der Waals surface area contributed by atoms with Crippen LogP contribution in [0.2, 0.25) is 0 Å². The van der Waals surface area contributed by atoms with Crippen LogP contribution in [0, 0.1) is 0 Å². The molecule has 0 bridgehead atoms.